The van der Waals surface area contributed by atoms with Gasteiger partial charge in [-0.15, -0.1) is 0 Å². The van der Waals surface area contributed by atoms with Gasteiger partial charge < -0.3 is 19.1 Å². The molecule has 1 aromatic rings. The number of carbonyl (C=O) groups excluding carboxylic acids is 1. The number of allylic oxidation sites excluding steroid dienone is 1. The smallest absolute Gasteiger partial charge is 0.338 e. The third-order valence-electron chi connectivity index (χ3n) is 4.88. The van der Waals surface area contributed by atoms with Crippen molar-refractivity contribution in [1.29, 1.82) is 0 Å². The van der Waals surface area contributed by atoms with Gasteiger partial charge in [0.2, 0.25) is 0 Å². The van der Waals surface area contributed by atoms with E-state index in [0.717, 1.165) is 42.6 Å². The maximum absolute atomic E-state index is 11.4. The maximum atomic E-state index is 11.4. The second-order valence-electron chi connectivity index (χ2n) is 6.73. The van der Waals surface area contributed by atoms with E-state index in [1.54, 1.807) is 21.1 Å². The van der Waals surface area contributed by atoms with Gasteiger partial charge in [0.15, 0.2) is 11.5 Å². The number of ether oxygens (including phenoxy) is 3. The van der Waals surface area contributed by atoms with Gasteiger partial charge in [0.05, 0.1) is 14.2 Å². The predicted molar refractivity (Wildman–Crippen MR) is 102 cm³/mol. The van der Waals surface area contributed by atoms with Gasteiger partial charge in [-0.05, 0) is 57.5 Å². The van der Waals surface area contributed by atoms with Crippen molar-refractivity contribution >= 4 is 5.97 Å². The monoisotopic (exact) mass is 359 g/mol. The van der Waals surface area contributed by atoms with E-state index in [9.17, 15) is 4.79 Å². The number of hydrogen-bond donors (Lipinski definition) is 0. The Kier molecular flexibility index (Phi) is 7.27. The Labute approximate surface area is 156 Å². The number of methoxy groups -OCH3 is 2. The Morgan fingerprint density at radius 2 is 1.81 bits per heavy atom. The molecule has 26 heavy (non-hydrogen) atoms. The van der Waals surface area contributed by atoms with Gasteiger partial charge >= 0.3 is 5.97 Å². The van der Waals surface area contributed by atoms with Crippen LogP contribution in [0.2, 0.25) is 0 Å². The number of carbonyl (C=O) groups is 1. The van der Waals surface area contributed by atoms with Crippen LogP contribution in [0.25, 0.3) is 0 Å². The number of para-hydroxylation sites is 2. The lowest BCUT2D eigenvalue weighted by Crippen LogP contribution is -2.32. The molecule has 0 amide bonds. The van der Waals surface area contributed by atoms with E-state index < -0.39 is 0 Å². The first-order valence-corrected chi connectivity index (χ1v) is 8.90. The third-order valence-corrected chi connectivity index (χ3v) is 4.88. The van der Waals surface area contributed by atoms with Crippen LogP contribution in [0.15, 0.2) is 48.3 Å². The quantitative estimate of drug-likeness (QED) is 0.604. The summed E-state index contributed by atoms with van der Waals surface area (Å²) in [5, 5.41) is 0. The molecule has 1 aliphatic carbocycles. The van der Waals surface area contributed by atoms with Crippen molar-refractivity contribution in [2.75, 3.05) is 27.8 Å². The van der Waals surface area contributed by atoms with E-state index >= 15 is 0 Å². The molecule has 0 radical (unpaired) electrons. The van der Waals surface area contributed by atoms with Crippen LogP contribution in [0.5, 0.6) is 11.5 Å². The molecule has 0 saturated carbocycles. The summed E-state index contributed by atoms with van der Waals surface area (Å²) in [7, 11) is 5.39. The Balaban J connectivity index is 0.000000209. The van der Waals surface area contributed by atoms with E-state index in [-0.39, 0.29) is 5.97 Å². The molecular weight excluding hydrogens is 330 g/mol. The Morgan fingerprint density at radius 1 is 1.19 bits per heavy atom. The molecule has 142 valence electrons. The average molecular weight is 359 g/mol. The highest BCUT2D eigenvalue weighted by atomic mass is 16.5. The molecule has 1 saturated heterocycles. The third kappa shape index (κ3) is 5.11. The molecule has 1 fully saturated rings. The normalized spacial score (nSPS) is 21.6. The van der Waals surface area contributed by atoms with Crippen molar-refractivity contribution < 1.29 is 19.0 Å². The second-order valence-corrected chi connectivity index (χ2v) is 6.73. The summed E-state index contributed by atoms with van der Waals surface area (Å²) >= 11 is 0. The summed E-state index contributed by atoms with van der Waals surface area (Å²) in [6.07, 6.45) is 5.23. The molecule has 2 aliphatic rings. The van der Waals surface area contributed by atoms with Crippen molar-refractivity contribution in [2.45, 2.75) is 32.2 Å². The molecule has 0 aromatic heterocycles. The minimum absolute atomic E-state index is 0.301. The van der Waals surface area contributed by atoms with Crippen molar-refractivity contribution in [3.8, 4) is 11.5 Å². The largest absolute Gasteiger partial charge is 0.493 e. The van der Waals surface area contributed by atoms with Crippen molar-refractivity contribution in [1.82, 2.24) is 4.90 Å². The van der Waals surface area contributed by atoms with Crippen LogP contribution in [-0.2, 0) is 9.53 Å². The molecule has 1 aromatic carbocycles. The number of fused-ring (bicyclic) bond motifs is 1. The summed E-state index contributed by atoms with van der Waals surface area (Å²) in [4.78, 5) is 13.8. The van der Waals surface area contributed by atoms with E-state index in [1.807, 2.05) is 24.3 Å². The molecule has 0 N–H and O–H groups in total. The number of benzene rings is 1. The van der Waals surface area contributed by atoms with E-state index in [4.69, 9.17) is 14.2 Å². The molecule has 3 rings (SSSR count). The topological polar surface area (TPSA) is 48.0 Å². The van der Waals surface area contributed by atoms with Crippen molar-refractivity contribution in [2.24, 2.45) is 5.92 Å². The van der Waals surface area contributed by atoms with Crippen LogP contribution in [0, 0.1) is 5.92 Å². The van der Waals surface area contributed by atoms with Crippen LogP contribution in [-0.4, -0.2) is 44.7 Å². The lowest BCUT2D eigenvalue weighted by molar-refractivity contribution is -0.135. The van der Waals surface area contributed by atoms with Gasteiger partial charge in [0.25, 0.3) is 0 Å². The molecule has 5 heteroatoms. The zero-order valence-electron chi connectivity index (χ0n) is 16.2. The zero-order valence-corrected chi connectivity index (χ0v) is 16.2. The van der Waals surface area contributed by atoms with Gasteiger partial charge in [0.1, 0.15) is 5.76 Å². The van der Waals surface area contributed by atoms with Gasteiger partial charge in [0, 0.05) is 18.0 Å². The SMILES string of the molecule is C=C(C)C(=O)OC1=CCC2CCN(C)C2C1.COc1ccccc1OC. The standard InChI is InChI=1S/C13H19NO2.C8H10O2/c1-9(2)13(15)16-11-5-4-10-6-7-14(3)12(10)8-11;1-9-7-5-3-4-6-8(7)10-2/h5,10,12H,1,4,6-8H2,2-3H3;3-6H,1-2H3. The van der Waals surface area contributed by atoms with Crippen LogP contribution < -0.4 is 9.47 Å². The fourth-order valence-corrected chi connectivity index (χ4v) is 3.33. The van der Waals surface area contributed by atoms with Crippen molar-refractivity contribution in [3.05, 3.63) is 48.3 Å². The fourth-order valence-electron chi connectivity index (χ4n) is 3.33. The number of rotatable bonds is 4. The molecule has 0 bridgehead atoms. The minimum Gasteiger partial charge on any atom is -0.493 e. The summed E-state index contributed by atoms with van der Waals surface area (Å²) < 4.78 is 15.3. The number of hydrogen-bond acceptors (Lipinski definition) is 5. The highest BCUT2D eigenvalue weighted by Crippen LogP contribution is 2.35. The molecule has 1 heterocycles. The van der Waals surface area contributed by atoms with Crippen LogP contribution in [0.4, 0.5) is 0 Å². The van der Waals surface area contributed by atoms with Gasteiger partial charge in [-0.3, -0.25) is 0 Å². The van der Waals surface area contributed by atoms with E-state index in [0.29, 0.717) is 11.6 Å². The predicted octanol–water partition coefficient (Wildman–Crippen LogP) is 3.81. The second kappa shape index (κ2) is 9.43. The van der Waals surface area contributed by atoms with Gasteiger partial charge in [-0.1, -0.05) is 18.7 Å². The Bertz CT molecular complexity index is 645. The van der Waals surface area contributed by atoms with E-state index in [2.05, 4.69) is 24.6 Å². The first-order valence-electron chi connectivity index (χ1n) is 8.90. The Hall–Kier alpha value is -2.27. The molecular formula is C21H29NO4. The first kappa shape index (κ1) is 20.0. The summed E-state index contributed by atoms with van der Waals surface area (Å²) in [6, 6.07) is 8.08. The van der Waals surface area contributed by atoms with Crippen LogP contribution in [0.3, 0.4) is 0 Å². The van der Waals surface area contributed by atoms with Crippen LogP contribution in [0.1, 0.15) is 26.2 Å². The first-order chi connectivity index (χ1) is 12.5. The number of nitrogens with zero attached hydrogens (tertiary/aromatic N) is 1. The van der Waals surface area contributed by atoms with E-state index in [1.165, 1.54) is 6.42 Å². The molecule has 2 atom stereocenters. The molecule has 5 nitrogen and oxygen atoms in total. The molecule has 1 aliphatic heterocycles. The lowest BCUT2D eigenvalue weighted by Gasteiger charge is -2.28. The molecule has 0 spiro atoms. The van der Waals surface area contributed by atoms with Crippen molar-refractivity contribution in [3.63, 3.8) is 0 Å². The fraction of sp³-hybridized carbons (Fsp3) is 0.476. The number of esters is 1. The van der Waals surface area contributed by atoms with Gasteiger partial charge in [-0.2, -0.15) is 0 Å². The zero-order chi connectivity index (χ0) is 19.1. The molecule has 2 unspecified atom stereocenters. The maximum Gasteiger partial charge on any atom is 0.338 e. The summed E-state index contributed by atoms with van der Waals surface area (Å²) in [5.74, 6) is 2.81. The highest BCUT2D eigenvalue weighted by molar-refractivity contribution is 5.87. The highest BCUT2D eigenvalue weighted by Gasteiger charge is 2.35. The number of likely N-dealkylation sites (tertiary alicyclic amines) is 1. The summed E-state index contributed by atoms with van der Waals surface area (Å²) in [6.45, 7) is 6.42. The average Bonchev–Trinajstić information content (AvgIpc) is 3.02. The Morgan fingerprint density at radius 3 is 2.35 bits per heavy atom. The lowest BCUT2D eigenvalue weighted by atomic mass is 9.89. The summed E-state index contributed by atoms with van der Waals surface area (Å²) in [5.41, 5.74) is 0.461. The van der Waals surface area contributed by atoms with Crippen LogP contribution >= 0.6 is 0 Å². The minimum atomic E-state index is -0.301. The van der Waals surface area contributed by atoms with Gasteiger partial charge in [-0.25, -0.2) is 4.79 Å².